The number of halogens is 1. The van der Waals surface area contributed by atoms with Gasteiger partial charge in [-0.2, -0.15) is 5.10 Å². The van der Waals surface area contributed by atoms with E-state index in [0.717, 1.165) is 5.56 Å². The molecule has 0 saturated heterocycles. The first-order chi connectivity index (χ1) is 19.4. The van der Waals surface area contributed by atoms with Crippen molar-refractivity contribution >= 4 is 23.2 Å². The molecule has 0 radical (unpaired) electrons. The van der Waals surface area contributed by atoms with Crippen LogP contribution in [0.2, 0.25) is 0 Å². The molecule has 2 atom stereocenters. The van der Waals surface area contributed by atoms with E-state index < -0.39 is 23.8 Å². The maximum absolute atomic E-state index is 15.2. The highest BCUT2D eigenvalue weighted by molar-refractivity contribution is 6.20. The van der Waals surface area contributed by atoms with Crippen LogP contribution in [0, 0.1) is 5.82 Å². The summed E-state index contributed by atoms with van der Waals surface area (Å²) in [6.07, 6.45) is -0.820. The number of para-hydroxylation sites is 1. The Bertz CT molecular complexity index is 1650. The number of anilines is 1. The number of amides is 2. The third-order valence-corrected chi connectivity index (χ3v) is 6.93. The quantitative estimate of drug-likeness (QED) is 0.356. The van der Waals surface area contributed by atoms with Gasteiger partial charge < -0.3 is 20.5 Å². The third-order valence-electron chi connectivity index (χ3n) is 6.93. The fraction of sp³-hybridized carbons (Fsp3) is 0.200. The Morgan fingerprint density at radius 1 is 1.12 bits per heavy atom. The van der Waals surface area contributed by atoms with Crippen LogP contribution in [-0.4, -0.2) is 44.7 Å². The fourth-order valence-corrected chi connectivity index (χ4v) is 4.89. The van der Waals surface area contributed by atoms with E-state index in [1.54, 1.807) is 18.2 Å². The Morgan fingerprint density at radius 2 is 1.90 bits per heavy atom. The number of hydrogen-bond donors (Lipinski definition) is 3. The van der Waals surface area contributed by atoms with E-state index in [9.17, 15) is 14.7 Å². The van der Waals surface area contributed by atoms with Gasteiger partial charge >= 0.3 is 0 Å². The van der Waals surface area contributed by atoms with Gasteiger partial charge in [-0.15, -0.1) is 0 Å². The minimum atomic E-state index is -1.29. The van der Waals surface area contributed by atoms with Crippen LogP contribution in [0.5, 0.6) is 5.88 Å². The number of hydrogen-bond acceptors (Lipinski definition) is 6. The van der Waals surface area contributed by atoms with Crippen molar-refractivity contribution in [3.05, 3.63) is 101 Å². The minimum Gasteiger partial charge on any atom is -0.474 e. The molecule has 2 amide bonds. The van der Waals surface area contributed by atoms with Crippen LogP contribution in [0.25, 0.3) is 11.3 Å². The zero-order chi connectivity index (χ0) is 27.8. The monoisotopic (exact) mass is 539 g/mol. The molecule has 2 aliphatic rings. The number of benzene rings is 3. The maximum atomic E-state index is 15.2. The van der Waals surface area contributed by atoms with Crippen molar-refractivity contribution in [2.24, 2.45) is 4.99 Å². The summed E-state index contributed by atoms with van der Waals surface area (Å²) in [5.74, 6) is -1.65. The molecule has 10 heteroatoms. The number of ether oxygens (including phenoxy) is 1. The average molecular weight is 540 g/mol. The minimum absolute atomic E-state index is 0.00761. The van der Waals surface area contributed by atoms with Crippen molar-refractivity contribution in [3.63, 3.8) is 0 Å². The number of nitrogens with one attached hydrogen (secondary N) is 2. The van der Waals surface area contributed by atoms with Crippen LogP contribution in [0.1, 0.15) is 40.4 Å². The van der Waals surface area contributed by atoms with Gasteiger partial charge in [0.25, 0.3) is 11.8 Å². The summed E-state index contributed by atoms with van der Waals surface area (Å²) in [5.41, 5.74) is 3.14. The second kappa shape index (κ2) is 10.4. The smallest absolute Gasteiger partial charge is 0.269 e. The third kappa shape index (κ3) is 4.62. The number of aryl methyl sites for hydroxylation is 1. The van der Waals surface area contributed by atoms with Crippen LogP contribution in [0.4, 0.5) is 10.1 Å². The second-order valence-electron chi connectivity index (χ2n) is 9.70. The molecule has 0 unspecified atom stereocenters. The molecular weight excluding hydrogens is 513 g/mol. The van der Waals surface area contributed by atoms with Gasteiger partial charge in [-0.25, -0.2) is 14.1 Å². The molecule has 3 N–H and O–H groups in total. The van der Waals surface area contributed by atoms with E-state index in [-0.39, 0.29) is 35.4 Å². The summed E-state index contributed by atoms with van der Waals surface area (Å²) in [4.78, 5) is 31.9. The van der Waals surface area contributed by atoms with Gasteiger partial charge in [-0.05, 0) is 30.7 Å². The number of rotatable bonds is 5. The number of fused-ring (bicyclic) bond motifs is 2. The van der Waals surface area contributed by atoms with E-state index in [4.69, 9.17) is 9.73 Å². The lowest BCUT2D eigenvalue weighted by molar-refractivity contribution is -0.117. The Morgan fingerprint density at radius 3 is 2.67 bits per heavy atom. The number of aromatic nitrogens is 2. The topological polar surface area (TPSA) is 118 Å². The van der Waals surface area contributed by atoms with E-state index in [2.05, 4.69) is 15.7 Å². The standard InChI is InChI=1S/C30H26FN5O4/c1-17-13-14-36-30(40-17)24(26(35-36)20-12-11-18(16-37)15-22(20)31)28(38)34-27-29(39)32-23-10-6-5-9-21(23)25(33-27)19-7-3-2-4-8-19/h2-12,15,17,27,37H,13-14,16H2,1H3,(H,32,39)(H,34,38)/t17-,27-/m1/s1. The average Bonchev–Trinajstić information content (AvgIpc) is 3.27. The molecular formula is C30H26FN5O4. The lowest BCUT2D eigenvalue weighted by Gasteiger charge is -2.22. The van der Waals surface area contributed by atoms with E-state index in [0.29, 0.717) is 35.5 Å². The van der Waals surface area contributed by atoms with Crippen molar-refractivity contribution in [1.29, 1.82) is 0 Å². The highest BCUT2D eigenvalue weighted by Crippen LogP contribution is 2.35. The molecule has 4 aromatic rings. The molecule has 0 spiro atoms. The normalized spacial score (nSPS) is 18.0. The molecule has 1 aromatic heterocycles. The zero-order valence-electron chi connectivity index (χ0n) is 21.6. The zero-order valence-corrected chi connectivity index (χ0v) is 21.6. The molecule has 3 aromatic carbocycles. The predicted molar refractivity (Wildman–Crippen MR) is 147 cm³/mol. The summed E-state index contributed by atoms with van der Waals surface area (Å²) >= 11 is 0. The number of benzodiazepines with no additional fused rings is 1. The maximum Gasteiger partial charge on any atom is 0.269 e. The van der Waals surface area contributed by atoms with E-state index in [1.807, 2.05) is 49.4 Å². The van der Waals surface area contributed by atoms with Crippen molar-refractivity contribution in [2.75, 3.05) is 5.32 Å². The highest BCUT2D eigenvalue weighted by atomic mass is 19.1. The number of nitrogens with zero attached hydrogens (tertiary/aromatic N) is 3. The van der Waals surface area contributed by atoms with Crippen LogP contribution < -0.4 is 15.4 Å². The summed E-state index contributed by atoms with van der Waals surface area (Å²) in [6, 6.07) is 20.9. The van der Waals surface area contributed by atoms with Crippen LogP contribution in [0.15, 0.2) is 77.8 Å². The molecule has 0 bridgehead atoms. The SMILES string of the molecule is C[C@@H]1CCn2nc(-c3ccc(CO)cc3F)c(C(=O)N[C@H]3N=C(c4ccccc4)c4ccccc4NC3=O)c2O1. The van der Waals surface area contributed by atoms with Crippen molar-refractivity contribution in [3.8, 4) is 17.1 Å². The van der Waals surface area contributed by atoms with Gasteiger partial charge in [0.15, 0.2) is 0 Å². The first kappa shape index (κ1) is 25.4. The molecule has 40 heavy (non-hydrogen) atoms. The number of carbonyl (C=O) groups excluding carboxylic acids is 2. The summed E-state index contributed by atoms with van der Waals surface area (Å²) in [6.45, 7) is 2.02. The largest absolute Gasteiger partial charge is 0.474 e. The summed E-state index contributed by atoms with van der Waals surface area (Å²) in [7, 11) is 0. The fourth-order valence-electron chi connectivity index (χ4n) is 4.89. The second-order valence-corrected chi connectivity index (χ2v) is 9.70. The Hall–Kier alpha value is -4.83. The van der Waals surface area contributed by atoms with E-state index >= 15 is 4.39 Å². The van der Waals surface area contributed by atoms with Crippen LogP contribution in [-0.2, 0) is 17.9 Å². The summed E-state index contributed by atoms with van der Waals surface area (Å²) < 4.78 is 22.7. The molecule has 6 rings (SSSR count). The first-order valence-corrected chi connectivity index (χ1v) is 12.9. The Labute approximate surface area is 229 Å². The Kier molecular flexibility index (Phi) is 6.61. The van der Waals surface area contributed by atoms with Gasteiger partial charge in [0.2, 0.25) is 12.0 Å². The predicted octanol–water partition coefficient (Wildman–Crippen LogP) is 3.90. The number of aliphatic hydroxyl groups excluding tert-OH is 1. The molecule has 9 nitrogen and oxygen atoms in total. The lowest BCUT2D eigenvalue weighted by Crippen LogP contribution is -2.42. The van der Waals surface area contributed by atoms with Gasteiger partial charge in [0.05, 0.1) is 24.1 Å². The lowest BCUT2D eigenvalue weighted by atomic mass is 10.0. The van der Waals surface area contributed by atoms with Gasteiger partial charge in [-0.3, -0.25) is 9.59 Å². The van der Waals surface area contributed by atoms with Gasteiger partial charge in [-0.1, -0.05) is 54.6 Å². The molecule has 202 valence electrons. The number of aliphatic imine (C=N–C) groups is 1. The van der Waals surface area contributed by atoms with Crippen molar-refractivity contribution in [1.82, 2.24) is 15.1 Å². The van der Waals surface area contributed by atoms with Gasteiger partial charge in [0.1, 0.15) is 17.1 Å². The highest BCUT2D eigenvalue weighted by Gasteiger charge is 2.34. The Balaban J connectivity index is 1.43. The number of aliphatic hydroxyl groups is 1. The molecule has 0 fully saturated rings. The van der Waals surface area contributed by atoms with E-state index in [1.165, 1.54) is 16.8 Å². The summed E-state index contributed by atoms with van der Waals surface area (Å²) in [5, 5.41) is 19.5. The number of carbonyl (C=O) groups is 2. The first-order valence-electron chi connectivity index (χ1n) is 12.9. The molecule has 2 aliphatic heterocycles. The molecule has 3 heterocycles. The van der Waals surface area contributed by atoms with Gasteiger partial charge in [0, 0.05) is 29.7 Å². The van der Waals surface area contributed by atoms with Crippen LogP contribution >= 0.6 is 0 Å². The van der Waals surface area contributed by atoms with Crippen molar-refractivity contribution < 1.29 is 23.8 Å². The molecule has 0 saturated carbocycles. The van der Waals surface area contributed by atoms with Crippen LogP contribution in [0.3, 0.4) is 0 Å². The molecule has 0 aliphatic carbocycles. The van der Waals surface area contributed by atoms with Crippen molar-refractivity contribution in [2.45, 2.75) is 38.8 Å².